The summed E-state index contributed by atoms with van der Waals surface area (Å²) >= 11 is 0. The number of nitrogens with zero attached hydrogens (tertiary/aromatic N) is 2. The third-order valence-corrected chi connectivity index (χ3v) is 1.71. The molecular weight excluding hydrogens is 164 g/mol. The maximum absolute atomic E-state index is 8.74. The SMILES string of the molecule is CCOc1cc(CC)ncc1C#N. The van der Waals surface area contributed by atoms with Gasteiger partial charge in [0.2, 0.25) is 0 Å². The minimum Gasteiger partial charge on any atom is -0.492 e. The third kappa shape index (κ3) is 2.19. The molecule has 0 atom stereocenters. The lowest BCUT2D eigenvalue weighted by molar-refractivity contribution is 0.338. The summed E-state index contributed by atoms with van der Waals surface area (Å²) in [5.74, 6) is 0.636. The smallest absolute Gasteiger partial charge is 0.140 e. The molecule has 0 unspecified atom stereocenters. The van der Waals surface area contributed by atoms with Gasteiger partial charge in [-0.3, -0.25) is 4.98 Å². The molecule has 0 saturated heterocycles. The molecule has 0 amide bonds. The van der Waals surface area contributed by atoms with Gasteiger partial charge in [0, 0.05) is 18.0 Å². The highest BCUT2D eigenvalue weighted by Crippen LogP contribution is 2.17. The van der Waals surface area contributed by atoms with E-state index >= 15 is 0 Å². The Morgan fingerprint density at radius 1 is 1.54 bits per heavy atom. The summed E-state index contributed by atoms with van der Waals surface area (Å²) in [6.45, 7) is 4.49. The van der Waals surface area contributed by atoms with Crippen molar-refractivity contribution in [1.29, 1.82) is 5.26 Å². The van der Waals surface area contributed by atoms with Crippen LogP contribution in [0.15, 0.2) is 12.3 Å². The molecule has 0 aromatic carbocycles. The standard InChI is InChI=1S/C10H12N2O/c1-3-9-5-10(13-4-2)8(6-11)7-12-9/h5,7H,3-4H2,1-2H3. The normalized spacial score (nSPS) is 9.31. The van der Waals surface area contributed by atoms with Gasteiger partial charge < -0.3 is 4.74 Å². The molecule has 1 aromatic heterocycles. The fourth-order valence-corrected chi connectivity index (χ4v) is 1.03. The zero-order chi connectivity index (χ0) is 9.68. The van der Waals surface area contributed by atoms with Gasteiger partial charge in [0.05, 0.1) is 6.61 Å². The Bertz CT molecular complexity index is 328. The summed E-state index contributed by atoms with van der Waals surface area (Å²) in [6.07, 6.45) is 2.41. The topological polar surface area (TPSA) is 45.9 Å². The van der Waals surface area contributed by atoms with Crippen molar-refractivity contribution in [3.8, 4) is 11.8 Å². The Morgan fingerprint density at radius 2 is 2.31 bits per heavy atom. The Morgan fingerprint density at radius 3 is 2.85 bits per heavy atom. The number of hydrogen-bond donors (Lipinski definition) is 0. The molecule has 0 spiro atoms. The molecular formula is C10H12N2O. The molecule has 3 heteroatoms. The molecule has 3 nitrogen and oxygen atoms in total. The van der Waals surface area contributed by atoms with Crippen molar-refractivity contribution in [3.63, 3.8) is 0 Å². The molecule has 1 aromatic rings. The highest BCUT2D eigenvalue weighted by Gasteiger charge is 2.03. The molecule has 0 fully saturated rings. The van der Waals surface area contributed by atoms with Crippen molar-refractivity contribution in [1.82, 2.24) is 4.98 Å². The molecule has 0 aliphatic heterocycles. The highest BCUT2D eigenvalue weighted by molar-refractivity contribution is 5.41. The predicted molar refractivity (Wildman–Crippen MR) is 49.5 cm³/mol. The van der Waals surface area contributed by atoms with Gasteiger partial charge in [-0.05, 0) is 13.3 Å². The zero-order valence-corrected chi connectivity index (χ0v) is 7.87. The molecule has 0 radical (unpaired) electrons. The molecule has 68 valence electrons. The fourth-order valence-electron chi connectivity index (χ4n) is 1.03. The van der Waals surface area contributed by atoms with E-state index < -0.39 is 0 Å². The first-order valence-electron chi connectivity index (χ1n) is 4.33. The molecule has 0 N–H and O–H groups in total. The first-order valence-corrected chi connectivity index (χ1v) is 4.33. The molecule has 0 bridgehead atoms. The fraction of sp³-hybridized carbons (Fsp3) is 0.400. The van der Waals surface area contributed by atoms with E-state index in [1.54, 1.807) is 6.20 Å². The van der Waals surface area contributed by atoms with E-state index in [4.69, 9.17) is 10.00 Å². The minimum atomic E-state index is 0.499. The van der Waals surface area contributed by atoms with Gasteiger partial charge in [0.1, 0.15) is 17.4 Å². The average Bonchev–Trinajstić information content (AvgIpc) is 2.18. The number of hydrogen-bond acceptors (Lipinski definition) is 3. The van der Waals surface area contributed by atoms with Crippen LogP contribution >= 0.6 is 0 Å². The summed E-state index contributed by atoms with van der Waals surface area (Å²) in [5, 5.41) is 8.74. The van der Waals surface area contributed by atoms with Gasteiger partial charge >= 0.3 is 0 Å². The highest BCUT2D eigenvalue weighted by atomic mass is 16.5. The van der Waals surface area contributed by atoms with Crippen LogP contribution in [0.25, 0.3) is 0 Å². The second-order valence-corrected chi connectivity index (χ2v) is 2.57. The lowest BCUT2D eigenvalue weighted by Crippen LogP contribution is -1.97. The van der Waals surface area contributed by atoms with Gasteiger partial charge in [-0.1, -0.05) is 6.92 Å². The summed E-state index contributed by atoms with van der Waals surface area (Å²) in [7, 11) is 0. The number of aromatic nitrogens is 1. The van der Waals surface area contributed by atoms with Crippen LogP contribution in [-0.4, -0.2) is 11.6 Å². The third-order valence-electron chi connectivity index (χ3n) is 1.71. The van der Waals surface area contributed by atoms with E-state index in [9.17, 15) is 0 Å². The second-order valence-electron chi connectivity index (χ2n) is 2.57. The Kier molecular flexibility index (Phi) is 3.27. The first kappa shape index (κ1) is 9.53. The van der Waals surface area contributed by atoms with Gasteiger partial charge in [0.15, 0.2) is 0 Å². The van der Waals surface area contributed by atoms with Crippen LogP contribution in [0.3, 0.4) is 0 Å². The average molecular weight is 176 g/mol. The van der Waals surface area contributed by atoms with Crippen molar-refractivity contribution in [2.75, 3.05) is 6.61 Å². The molecule has 0 aliphatic rings. The van der Waals surface area contributed by atoms with Crippen LogP contribution < -0.4 is 4.74 Å². The van der Waals surface area contributed by atoms with Gasteiger partial charge in [0.25, 0.3) is 0 Å². The van der Waals surface area contributed by atoms with Gasteiger partial charge in [-0.2, -0.15) is 5.26 Å². The van der Waals surface area contributed by atoms with Crippen LogP contribution in [0.1, 0.15) is 25.1 Å². The Balaban J connectivity index is 3.04. The van der Waals surface area contributed by atoms with Crippen LogP contribution in [0, 0.1) is 11.3 Å². The molecule has 1 rings (SSSR count). The van der Waals surface area contributed by atoms with Crippen molar-refractivity contribution in [2.45, 2.75) is 20.3 Å². The van der Waals surface area contributed by atoms with Crippen molar-refractivity contribution >= 4 is 0 Å². The van der Waals surface area contributed by atoms with E-state index in [-0.39, 0.29) is 0 Å². The number of ether oxygens (including phenoxy) is 1. The number of aryl methyl sites for hydroxylation is 1. The molecule has 0 aliphatic carbocycles. The van der Waals surface area contributed by atoms with E-state index in [0.29, 0.717) is 17.9 Å². The maximum atomic E-state index is 8.74. The predicted octanol–water partition coefficient (Wildman–Crippen LogP) is 1.91. The van der Waals surface area contributed by atoms with Crippen molar-refractivity contribution < 1.29 is 4.74 Å². The van der Waals surface area contributed by atoms with Crippen molar-refractivity contribution in [2.24, 2.45) is 0 Å². The number of rotatable bonds is 3. The number of nitriles is 1. The lowest BCUT2D eigenvalue weighted by atomic mass is 10.2. The van der Waals surface area contributed by atoms with E-state index in [0.717, 1.165) is 12.1 Å². The minimum absolute atomic E-state index is 0.499. The molecule has 0 saturated carbocycles. The Hall–Kier alpha value is -1.56. The zero-order valence-electron chi connectivity index (χ0n) is 7.87. The van der Waals surface area contributed by atoms with Crippen LogP contribution in [0.5, 0.6) is 5.75 Å². The molecule has 13 heavy (non-hydrogen) atoms. The summed E-state index contributed by atoms with van der Waals surface area (Å²) in [6, 6.07) is 3.87. The van der Waals surface area contributed by atoms with Crippen LogP contribution in [-0.2, 0) is 6.42 Å². The summed E-state index contributed by atoms with van der Waals surface area (Å²) in [5.41, 5.74) is 1.45. The van der Waals surface area contributed by atoms with Crippen LogP contribution in [0.2, 0.25) is 0 Å². The van der Waals surface area contributed by atoms with Crippen molar-refractivity contribution in [3.05, 3.63) is 23.5 Å². The lowest BCUT2D eigenvalue weighted by Gasteiger charge is -2.05. The summed E-state index contributed by atoms with van der Waals surface area (Å²) in [4.78, 5) is 4.11. The van der Waals surface area contributed by atoms with Crippen LogP contribution in [0.4, 0.5) is 0 Å². The maximum Gasteiger partial charge on any atom is 0.140 e. The van der Waals surface area contributed by atoms with E-state index in [1.165, 1.54) is 0 Å². The van der Waals surface area contributed by atoms with E-state index in [1.807, 2.05) is 26.0 Å². The largest absolute Gasteiger partial charge is 0.492 e. The number of pyridine rings is 1. The monoisotopic (exact) mass is 176 g/mol. The van der Waals surface area contributed by atoms with Gasteiger partial charge in [-0.25, -0.2) is 0 Å². The first-order chi connectivity index (χ1) is 6.31. The summed E-state index contributed by atoms with van der Waals surface area (Å²) < 4.78 is 5.31. The quantitative estimate of drug-likeness (QED) is 0.706. The molecule has 1 heterocycles. The van der Waals surface area contributed by atoms with Gasteiger partial charge in [-0.15, -0.1) is 0 Å². The Labute approximate surface area is 78.0 Å². The van der Waals surface area contributed by atoms with E-state index in [2.05, 4.69) is 4.98 Å². The second kappa shape index (κ2) is 4.46.